The van der Waals surface area contributed by atoms with E-state index in [9.17, 15) is 0 Å². The normalized spacial score (nSPS) is 24.0. The van der Waals surface area contributed by atoms with Crippen molar-refractivity contribution >= 4 is 0 Å². The van der Waals surface area contributed by atoms with E-state index in [0.29, 0.717) is 12.7 Å². The number of unbranched alkanes of at least 4 members (excludes halogenated alkanes) is 1. The Morgan fingerprint density at radius 1 is 1.67 bits per heavy atom. The highest BCUT2D eigenvalue weighted by atomic mass is 16.6. The maximum atomic E-state index is 8.58. The Morgan fingerprint density at radius 2 is 2.42 bits per heavy atom. The molecule has 12 heavy (non-hydrogen) atoms. The molecule has 1 saturated heterocycles. The van der Waals surface area contributed by atoms with E-state index in [0.717, 1.165) is 13.0 Å². The molecule has 0 aromatic carbocycles. The first-order chi connectivity index (χ1) is 5.88. The third-order valence-electron chi connectivity index (χ3n) is 2.04. The average Bonchev–Trinajstić information content (AvgIpc) is 2.88. The van der Waals surface area contributed by atoms with Crippen molar-refractivity contribution in [2.24, 2.45) is 0 Å². The Balaban J connectivity index is 2.09. The molecule has 0 spiro atoms. The lowest BCUT2D eigenvalue weighted by Gasteiger charge is -2.13. The van der Waals surface area contributed by atoms with Gasteiger partial charge >= 0.3 is 0 Å². The van der Waals surface area contributed by atoms with Gasteiger partial charge in [0.15, 0.2) is 0 Å². The molecular formula is C9H18O3. The van der Waals surface area contributed by atoms with Crippen LogP contribution in [0.2, 0.25) is 0 Å². The minimum absolute atomic E-state index is 0.106. The smallest absolute Gasteiger partial charge is 0.107 e. The maximum absolute atomic E-state index is 8.58. The minimum atomic E-state index is 0.106. The van der Waals surface area contributed by atoms with Gasteiger partial charge in [0.2, 0.25) is 0 Å². The van der Waals surface area contributed by atoms with Crippen LogP contribution in [0.25, 0.3) is 0 Å². The first-order valence-electron chi connectivity index (χ1n) is 4.72. The van der Waals surface area contributed by atoms with Crippen LogP contribution in [0.3, 0.4) is 0 Å². The van der Waals surface area contributed by atoms with Gasteiger partial charge in [-0.2, -0.15) is 0 Å². The predicted octanol–water partition coefficient (Wildman–Crippen LogP) is 0.953. The quantitative estimate of drug-likeness (QED) is 0.584. The Kier molecular flexibility index (Phi) is 4.58. The molecule has 0 amide bonds. The topological polar surface area (TPSA) is 42.0 Å². The molecule has 3 nitrogen and oxygen atoms in total. The van der Waals surface area contributed by atoms with Crippen LogP contribution in [0.5, 0.6) is 0 Å². The van der Waals surface area contributed by atoms with E-state index in [1.54, 1.807) is 0 Å². The SMILES string of the molecule is CCCCC(OCCO)C1CO1. The molecule has 1 heterocycles. The van der Waals surface area contributed by atoms with Gasteiger partial charge in [-0.25, -0.2) is 0 Å². The molecule has 0 radical (unpaired) electrons. The summed E-state index contributed by atoms with van der Waals surface area (Å²) in [6.45, 7) is 3.54. The van der Waals surface area contributed by atoms with Gasteiger partial charge in [0.25, 0.3) is 0 Å². The van der Waals surface area contributed by atoms with E-state index < -0.39 is 0 Å². The summed E-state index contributed by atoms with van der Waals surface area (Å²) in [6, 6.07) is 0. The van der Waals surface area contributed by atoms with Crippen molar-refractivity contribution in [3.63, 3.8) is 0 Å². The number of hydrogen-bond acceptors (Lipinski definition) is 3. The van der Waals surface area contributed by atoms with Crippen LogP contribution < -0.4 is 0 Å². The summed E-state index contributed by atoms with van der Waals surface area (Å²) in [5.74, 6) is 0. The Hall–Kier alpha value is -0.120. The van der Waals surface area contributed by atoms with Crippen LogP contribution in [0, 0.1) is 0 Å². The molecule has 0 aromatic rings. The number of hydrogen-bond donors (Lipinski definition) is 1. The molecule has 1 aliphatic rings. The first kappa shape index (κ1) is 9.96. The molecule has 0 saturated carbocycles. The average molecular weight is 174 g/mol. The zero-order chi connectivity index (χ0) is 8.81. The summed E-state index contributed by atoms with van der Waals surface area (Å²) in [5, 5.41) is 8.58. The monoisotopic (exact) mass is 174 g/mol. The van der Waals surface area contributed by atoms with Crippen LogP contribution in [-0.2, 0) is 9.47 Å². The van der Waals surface area contributed by atoms with Gasteiger partial charge in [-0.05, 0) is 6.42 Å². The molecule has 1 rings (SSSR count). The zero-order valence-corrected chi connectivity index (χ0v) is 7.66. The molecule has 0 bridgehead atoms. The second kappa shape index (κ2) is 5.51. The molecule has 0 aromatic heterocycles. The zero-order valence-electron chi connectivity index (χ0n) is 7.66. The fourth-order valence-electron chi connectivity index (χ4n) is 1.26. The summed E-state index contributed by atoms with van der Waals surface area (Å²) in [6.07, 6.45) is 3.95. The van der Waals surface area contributed by atoms with Crippen molar-refractivity contribution in [1.82, 2.24) is 0 Å². The van der Waals surface area contributed by atoms with Crippen molar-refractivity contribution in [2.75, 3.05) is 19.8 Å². The van der Waals surface area contributed by atoms with Gasteiger partial charge in [0, 0.05) is 0 Å². The largest absolute Gasteiger partial charge is 0.394 e. The number of ether oxygens (including phenoxy) is 2. The van der Waals surface area contributed by atoms with Crippen LogP contribution >= 0.6 is 0 Å². The van der Waals surface area contributed by atoms with Crippen molar-refractivity contribution < 1.29 is 14.6 Å². The molecule has 2 unspecified atom stereocenters. The van der Waals surface area contributed by atoms with Gasteiger partial charge in [-0.3, -0.25) is 0 Å². The second-order valence-electron chi connectivity index (χ2n) is 3.15. The molecule has 2 atom stereocenters. The Bertz CT molecular complexity index is 104. The van der Waals surface area contributed by atoms with Crippen LogP contribution in [0.1, 0.15) is 26.2 Å². The highest BCUT2D eigenvalue weighted by molar-refractivity contribution is 4.79. The van der Waals surface area contributed by atoms with Crippen molar-refractivity contribution in [2.45, 2.75) is 38.4 Å². The maximum Gasteiger partial charge on any atom is 0.107 e. The fourth-order valence-corrected chi connectivity index (χ4v) is 1.26. The molecule has 1 fully saturated rings. The standard InChI is InChI=1S/C9H18O3/c1-2-3-4-8(9-7-12-9)11-6-5-10/h8-10H,2-7H2,1H3. The molecule has 0 aliphatic carbocycles. The van der Waals surface area contributed by atoms with Crippen LogP contribution in [0.4, 0.5) is 0 Å². The van der Waals surface area contributed by atoms with Gasteiger partial charge in [0.1, 0.15) is 6.10 Å². The van der Waals surface area contributed by atoms with Gasteiger partial charge in [-0.1, -0.05) is 19.8 Å². The van der Waals surface area contributed by atoms with E-state index in [-0.39, 0.29) is 12.7 Å². The fraction of sp³-hybridized carbons (Fsp3) is 1.00. The van der Waals surface area contributed by atoms with Gasteiger partial charge < -0.3 is 14.6 Å². The Morgan fingerprint density at radius 3 is 2.92 bits per heavy atom. The molecule has 72 valence electrons. The lowest BCUT2D eigenvalue weighted by Crippen LogP contribution is -2.21. The third kappa shape index (κ3) is 3.52. The lowest BCUT2D eigenvalue weighted by atomic mass is 10.1. The van der Waals surface area contributed by atoms with E-state index in [4.69, 9.17) is 14.6 Å². The number of rotatable bonds is 7. The highest BCUT2D eigenvalue weighted by Crippen LogP contribution is 2.21. The summed E-state index contributed by atoms with van der Waals surface area (Å²) < 4.78 is 10.6. The van der Waals surface area contributed by atoms with Crippen molar-refractivity contribution in [3.8, 4) is 0 Å². The van der Waals surface area contributed by atoms with E-state index in [2.05, 4.69) is 6.92 Å². The van der Waals surface area contributed by atoms with Gasteiger partial charge in [-0.15, -0.1) is 0 Å². The van der Waals surface area contributed by atoms with Crippen LogP contribution in [-0.4, -0.2) is 37.1 Å². The summed E-state index contributed by atoms with van der Waals surface area (Å²) in [5.41, 5.74) is 0. The molecule has 1 N–H and O–H groups in total. The first-order valence-corrected chi connectivity index (χ1v) is 4.72. The van der Waals surface area contributed by atoms with Crippen molar-refractivity contribution in [1.29, 1.82) is 0 Å². The predicted molar refractivity (Wildman–Crippen MR) is 46.1 cm³/mol. The number of epoxide rings is 1. The molecule has 1 aliphatic heterocycles. The van der Waals surface area contributed by atoms with E-state index >= 15 is 0 Å². The third-order valence-corrected chi connectivity index (χ3v) is 2.04. The van der Waals surface area contributed by atoms with Crippen molar-refractivity contribution in [3.05, 3.63) is 0 Å². The summed E-state index contributed by atoms with van der Waals surface area (Å²) >= 11 is 0. The lowest BCUT2D eigenvalue weighted by molar-refractivity contribution is 0.00740. The highest BCUT2D eigenvalue weighted by Gasteiger charge is 2.32. The minimum Gasteiger partial charge on any atom is -0.394 e. The number of aliphatic hydroxyl groups excluding tert-OH is 1. The van der Waals surface area contributed by atoms with Gasteiger partial charge in [0.05, 0.1) is 25.9 Å². The molecule has 3 heteroatoms. The van der Waals surface area contributed by atoms with E-state index in [1.807, 2.05) is 0 Å². The van der Waals surface area contributed by atoms with Crippen LogP contribution in [0.15, 0.2) is 0 Å². The summed E-state index contributed by atoms with van der Waals surface area (Å²) in [4.78, 5) is 0. The summed E-state index contributed by atoms with van der Waals surface area (Å²) in [7, 11) is 0. The Labute approximate surface area is 73.7 Å². The second-order valence-corrected chi connectivity index (χ2v) is 3.15. The molecular weight excluding hydrogens is 156 g/mol. The number of aliphatic hydroxyl groups is 1. The van der Waals surface area contributed by atoms with E-state index in [1.165, 1.54) is 12.8 Å².